The fourth-order valence-corrected chi connectivity index (χ4v) is 7.58. The van der Waals surface area contributed by atoms with Gasteiger partial charge in [-0.15, -0.1) is 0 Å². The van der Waals surface area contributed by atoms with E-state index in [0.717, 1.165) is 69.1 Å². The summed E-state index contributed by atoms with van der Waals surface area (Å²) in [7, 11) is 0. The van der Waals surface area contributed by atoms with E-state index >= 15 is 0 Å². The van der Waals surface area contributed by atoms with Crippen molar-refractivity contribution in [1.29, 1.82) is 0 Å². The Morgan fingerprint density at radius 3 is 2.44 bits per heavy atom. The molecular weight excluding hydrogens is 646 g/mol. The van der Waals surface area contributed by atoms with E-state index in [-0.39, 0.29) is 0 Å². The maximum atomic E-state index is 13.2. The number of morpholine rings is 1. The van der Waals surface area contributed by atoms with Gasteiger partial charge in [0.05, 0.1) is 25.3 Å². The Kier molecular flexibility index (Phi) is 9.99. The average molecular weight is 690 g/mol. The fourth-order valence-electron chi connectivity index (χ4n) is 7.48. The van der Waals surface area contributed by atoms with E-state index in [1.165, 1.54) is 22.0 Å². The number of halogens is 1. The summed E-state index contributed by atoms with van der Waals surface area (Å²) in [5.74, 6) is -0.128. The van der Waals surface area contributed by atoms with Gasteiger partial charge >= 0.3 is 5.97 Å². The van der Waals surface area contributed by atoms with Crippen LogP contribution >= 0.6 is 11.6 Å². The third kappa shape index (κ3) is 6.91. The molecule has 0 radical (unpaired) electrons. The van der Waals surface area contributed by atoms with Crippen LogP contribution in [0.4, 0.5) is 0 Å². The molecular formula is C42H44ClN3O4. The minimum Gasteiger partial charge on any atom is -0.494 e. The van der Waals surface area contributed by atoms with E-state index in [0.29, 0.717) is 51.4 Å². The molecule has 0 amide bonds. The maximum Gasteiger partial charge on any atom is 0.352 e. The summed E-state index contributed by atoms with van der Waals surface area (Å²) >= 11 is 6.38. The van der Waals surface area contributed by atoms with Crippen molar-refractivity contribution in [2.24, 2.45) is 0 Å². The molecule has 0 spiro atoms. The van der Waals surface area contributed by atoms with E-state index in [4.69, 9.17) is 21.1 Å². The van der Waals surface area contributed by atoms with Crippen LogP contribution in [0, 0.1) is 20.8 Å². The van der Waals surface area contributed by atoms with Crippen LogP contribution in [0.15, 0.2) is 85.1 Å². The van der Waals surface area contributed by atoms with Gasteiger partial charge in [-0.3, -0.25) is 4.90 Å². The maximum absolute atomic E-state index is 13.2. The van der Waals surface area contributed by atoms with Crippen molar-refractivity contribution in [1.82, 2.24) is 14.0 Å². The van der Waals surface area contributed by atoms with Crippen molar-refractivity contribution in [3.63, 3.8) is 0 Å². The number of aromatic nitrogens is 2. The molecule has 1 aliphatic rings. The van der Waals surface area contributed by atoms with Gasteiger partial charge in [0.25, 0.3) is 0 Å². The molecule has 1 fully saturated rings. The average Bonchev–Trinajstić information content (AvgIpc) is 3.66. The van der Waals surface area contributed by atoms with Crippen LogP contribution in [-0.4, -0.2) is 64.6 Å². The monoisotopic (exact) mass is 689 g/mol. The van der Waals surface area contributed by atoms with Gasteiger partial charge in [0, 0.05) is 60.4 Å². The molecule has 1 saturated heterocycles. The van der Waals surface area contributed by atoms with Crippen molar-refractivity contribution in [3.05, 3.63) is 124 Å². The van der Waals surface area contributed by atoms with E-state index in [2.05, 4.69) is 93.9 Å². The summed E-state index contributed by atoms with van der Waals surface area (Å²) in [5, 5.41) is 13.8. The Morgan fingerprint density at radius 1 is 0.900 bits per heavy atom. The Bertz CT molecular complexity index is 2150. The van der Waals surface area contributed by atoms with Crippen molar-refractivity contribution in [2.75, 3.05) is 39.5 Å². The first-order chi connectivity index (χ1) is 24.3. The lowest BCUT2D eigenvalue weighted by atomic mass is 9.96. The number of nitrogens with zero attached hydrogens (tertiary/aromatic N) is 3. The summed E-state index contributed by atoms with van der Waals surface area (Å²) in [4.78, 5) is 15.6. The van der Waals surface area contributed by atoms with Crippen molar-refractivity contribution in [2.45, 2.75) is 46.7 Å². The molecule has 2 aromatic heterocycles. The molecule has 6 aromatic rings. The largest absolute Gasteiger partial charge is 0.494 e. The topological polar surface area (TPSA) is 68.9 Å². The molecule has 1 aliphatic heterocycles. The first kappa shape index (κ1) is 33.9. The van der Waals surface area contributed by atoms with Crippen molar-refractivity contribution in [3.8, 4) is 16.9 Å². The highest BCUT2D eigenvalue weighted by atomic mass is 35.5. The standard InChI is InChI=1S/C42H44ClN3O4/c1-28-13-14-38-31(24-28)15-16-45(38)27-32-8-4-5-9-34(32)35-10-6-11-36-37(12-7-21-50-33-25-29(2)39(43)30(3)26-33)41(42(47)48)46(40(35)36)18-17-44-19-22-49-23-20-44/h4-6,8-11,13-16,24-26H,7,12,17-23,27H2,1-3H3,(H,47,48). The van der Waals surface area contributed by atoms with Gasteiger partial charge in [-0.2, -0.15) is 0 Å². The number of aromatic carboxylic acids is 1. The quantitative estimate of drug-likeness (QED) is 0.130. The second-order valence-corrected chi connectivity index (χ2v) is 13.8. The molecule has 7 nitrogen and oxygen atoms in total. The van der Waals surface area contributed by atoms with Crippen molar-refractivity contribution >= 4 is 39.4 Å². The van der Waals surface area contributed by atoms with Crippen LogP contribution in [0.2, 0.25) is 5.02 Å². The van der Waals surface area contributed by atoms with Gasteiger partial charge in [-0.25, -0.2) is 4.79 Å². The highest BCUT2D eigenvalue weighted by molar-refractivity contribution is 6.32. The number of carbonyl (C=O) groups is 1. The van der Waals surface area contributed by atoms with Crippen LogP contribution < -0.4 is 4.74 Å². The first-order valence-corrected chi connectivity index (χ1v) is 17.9. The lowest BCUT2D eigenvalue weighted by Gasteiger charge is -2.27. The zero-order valence-corrected chi connectivity index (χ0v) is 29.8. The van der Waals surface area contributed by atoms with E-state index in [1.807, 2.05) is 26.0 Å². The molecule has 4 aromatic carbocycles. The fraction of sp³-hybridized carbons (Fsp3) is 0.310. The highest BCUT2D eigenvalue weighted by Gasteiger charge is 2.26. The van der Waals surface area contributed by atoms with E-state index < -0.39 is 5.97 Å². The number of fused-ring (bicyclic) bond motifs is 2. The van der Waals surface area contributed by atoms with E-state index in [1.54, 1.807) is 0 Å². The van der Waals surface area contributed by atoms with Gasteiger partial charge in [-0.05, 0) is 97.1 Å². The van der Waals surface area contributed by atoms with Gasteiger partial charge in [0.1, 0.15) is 11.4 Å². The highest BCUT2D eigenvalue weighted by Crippen LogP contribution is 2.37. The zero-order chi connectivity index (χ0) is 34.8. The number of carboxylic acids is 1. The molecule has 7 rings (SSSR count). The first-order valence-electron chi connectivity index (χ1n) is 17.5. The third-order valence-corrected chi connectivity index (χ3v) is 10.6. The Hall–Kier alpha value is -4.56. The molecule has 0 unspecified atom stereocenters. The number of para-hydroxylation sites is 1. The Morgan fingerprint density at radius 2 is 1.66 bits per heavy atom. The van der Waals surface area contributed by atoms with E-state index in [9.17, 15) is 9.90 Å². The van der Waals surface area contributed by atoms with Crippen LogP contribution in [0.25, 0.3) is 32.9 Å². The number of benzene rings is 4. The smallest absolute Gasteiger partial charge is 0.352 e. The molecule has 0 saturated carbocycles. The SMILES string of the molecule is Cc1ccc2c(ccn2Cc2ccccc2-c2cccc3c(CCCOc4cc(C)c(Cl)c(C)c4)c(C(=O)O)n(CCN4CCOCC4)c23)c1. The molecule has 0 bridgehead atoms. The van der Waals surface area contributed by atoms with Crippen LogP contribution in [0.3, 0.4) is 0 Å². The molecule has 50 heavy (non-hydrogen) atoms. The minimum atomic E-state index is -0.906. The number of ether oxygens (including phenoxy) is 2. The molecule has 8 heteroatoms. The second kappa shape index (κ2) is 14.7. The summed E-state index contributed by atoms with van der Waals surface area (Å²) < 4.78 is 16.1. The summed E-state index contributed by atoms with van der Waals surface area (Å²) in [5.41, 5.74) is 9.92. The normalized spacial score (nSPS) is 13.8. The third-order valence-electron chi connectivity index (χ3n) is 9.96. The van der Waals surface area contributed by atoms with Crippen LogP contribution in [0.5, 0.6) is 5.75 Å². The number of rotatable bonds is 12. The van der Waals surface area contributed by atoms with Crippen LogP contribution in [0.1, 0.15) is 44.7 Å². The molecule has 0 atom stereocenters. The Balaban J connectivity index is 1.27. The predicted molar refractivity (Wildman–Crippen MR) is 202 cm³/mol. The van der Waals surface area contributed by atoms with Gasteiger partial charge in [0.2, 0.25) is 0 Å². The predicted octanol–water partition coefficient (Wildman–Crippen LogP) is 8.93. The number of hydrogen-bond acceptors (Lipinski definition) is 4. The zero-order valence-electron chi connectivity index (χ0n) is 29.0. The molecule has 1 N–H and O–H groups in total. The minimum absolute atomic E-state index is 0.364. The second-order valence-electron chi connectivity index (χ2n) is 13.4. The van der Waals surface area contributed by atoms with Gasteiger partial charge in [-0.1, -0.05) is 65.7 Å². The summed E-state index contributed by atoms with van der Waals surface area (Å²) in [6.45, 7) is 11.6. The Labute approximate surface area is 298 Å². The van der Waals surface area contributed by atoms with Crippen LogP contribution in [-0.2, 0) is 24.2 Å². The number of carboxylic acid groups (broad SMARTS) is 1. The summed E-state index contributed by atoms with van der Waals surface area (Å²) in [6, 6.07) is 27.5. The van der Waals surface area contributed by atoms with Gasteiger partial charge in [0.15, 0.2) is 0 Å². The molecule has 3 heterocycles. The van der Waals surface area contributed by atoms with Gasteiger partial charge < -0.3 is 23.7 Å². The number of aryl methyl sites for hydroxylation is 4. The molecule has 258 valence electrons. The molecule has 0 aliphatic carbocycles. The number of hydrogen-bond donors (Lipinski definition) is 1. The summed E-state index contributed by atoms with van der Waals surface area (Å²) in [6.07, 6.45) is 3.40. The van der Waals surface area contributed by atoms with Crippen molar-refractivity contribution < 1.29 is 19.4 Å². The lowest BCUT2D eigenvalue weighted by molar-refractivity contribution is 0.0362. The lowest BCUT2D eigenvalue weighted by Crippen LogP contribution is -2.38.